The van der Waals surface area contributed by atoms with Crippen molar-refractivity contribution in [3.63, 3.8) is 0 Å². The summed E-state index contributed by atoms with van der Waals surface area (Å²) >= 11 is 1.19. The van der Waals surface area contributed by atoms with Gasteiger partial charge in [-0.25, -0.2) is 0 Å². The van der Waals surface area contributed by atoms with E-state index < -0.39 is 11.5 Å². The van der Waals surface area contributed by atoms with E-state index in [1.165, 1.54) is 18.6 Å². The number of ether oxygens (including phenoxy) is 1. The van der Waals surface area contributed by atoms with Crippen LogP contribution < -0.4 is 10.1 Å². The minimum Gasteiger partial charge on any atom is -0.497 e. The van der Waals surface area contributed by atoms with Gasteiger partial charge in [-0.1, -0.05) is 12.1 Å². The van der Waals surface area contributed by atoms with E-state index in [1.807, 2.05) is 0 Å². The van der Waals surface area contributed by atoms with E-state index in [-0.39, 0.29) is 12.3 Å². The molecule has 0 aliphatic carbocycles. The van der Waals surface area contributed by atoms with Gasteiger partial charge in [0.1, 0.15) is 5.75 Å². The number of benzene rings is 1. The molecule has 23 heavy (non-hydrogen) atoms. The molecular weight excluding hydrogens is 316 g/mol. The van der Waals surface area contributed by atoms with E-state index in [0.717, 1.165) is 0 Å². The third kappa shape index (κ3) is 3.87. The molecule has 1 atom stereocenters. The Bertz CT molecular complexity index is 728. The van der Waals surface area contributed by atoms with Crippen molar-refractivity contribution in [2.75, 3.05) is 7.11 Å². The minimum atomic E-state index is -1.06. The number of hydrogen-bond donors (Lipinski definition) is 2. The molecule has 0 bridgehead atoms. The first-order chi connectivity index (χ1) is 10.9. The Morgan fingerprint density at radius 3 is 2.74 bits per heavy atom. The van der Waals surface area contributed by atoms with Crippen molar-refractivity contribution in [2.45, 2.75) is 25.8 Å². The monoisotopic (exact) mass is 334 g/mol. The number of amides is 1. The SMILES string of the molecule is COc1cccc(C(C)(CC(=O)O)NC(=O)c2csnc2C)c1. The van der Waals surface area contributed by atoms with Crippen LogP contribution in [0.5, 0.6) is 5.75 Å². The first-order valence-corrected chi connectivity index (χ1v) is 7.79. The lowest BCUT2D eigenvalue weighted by Crippen LogP contribution is -2.45. The highest BCUT2D eigenvalue weighted by Gasteiger charge is 2.32. The zero-order valence-corrected chi connectivity index (χ0v) is 13.9. The number of carbonyl (C=O) groups is 2. The maximum absolute atomic E-state index is 12.5. The van der Waals surface area contributed by atoms with Crippen molar-refractivity contribution >= 4 is 23.4 Å². The van der Waals surface area contributed by atoms with Gasteiger partial charge in [0.15, 0.2) is 0 Å². The number of nitrogens with one attached hydrogen (secondary N) is 1. The molecule has 0 spiro atoms. The fraction of sp³-hybridized carbons (Fsp3) is 0.312. The summed E-state index contributed by atoms with van der Waals surface area (Å²) in [6.45, 7) is 3.43. The van der Waals surface area contributed by atoms with Crippen LogP contribution >= 0.6 is 11.5 Å². The maximum Gasteiger partial charge on any atom is 0.306 e. The van der Waals surface area contributed by atoms with Gasteiger partial charge >= 0.3 is 5.97 Å². The van der Waals surface area contributed by atoms with Gasteiger partial charge in [-0.15, -0.1) is 0 Å². The fourth-order valence-electron chi connectivity index (χ4n) is 2.32. The summed E-state index contributed by atoms with van der Waals surface area (Å²) in [6.07, 6.45) is -0.247. The Kier molecular flexibility index (Phi) is 5.00. The van der Waals surface area contributed by atoms with Crippen molar-refractivity contribution < 1.29 is 19.4 Å². The number of carboxylic acids is 1. The highest BCUT2D eigenvalue weighted by Crippen LogP contribution is 2.28. The predicted octanol–water partition coefficient (Wildman–Crippen LogP) is 2.58. The molecule has 1 aromatic carbocycles. The summed E-state index contributed by atoms with van der Waals surface area (Å²) < 4.78 is 9.26. The van der Waals surface area contributed by atoms with E-state index >= 15 is 0 Å². The van der Waals surface area contributed by atoms with Crippen molar-refractivity contribution in [1.82, 2.24) is 9.69 Å². The third-order valence-electron chi connectivity index (χ3n) is 3.60. The molecule has 0 aliphatic heterocycles. The molecule has 122 valence electrons. The molecule has 7 heteroatoms. The van der Waals surface area contributed by atoms with Crippen molar-refractivity contribution in [1.29, 1.82) is 0 Å². The van der Waals surface area contributed by atoms with Crippen LogP contribution in [0.3, 0.4) is 0 Å². The Labute approximate surface area is 138 Å². The molecule has 0 aliphatic rings. The van der Waals surface area contributed by atoms with Crippen LogP contribution in [0, 0.1) is 6.92 Å². The topological polar surface area (TPSA) is 88.5 Å². The van der Waals surface area contributed by atoms with Crippen LogP contribution in [0.4, 0.5) is 0 Å². The second-order valence-electron chi connectivity index (χ2n) is 5.40. The molecule has 0 radical (unpaired) electrons. The van der Waals surface area contributed by atoms with E-state index in [2.05, 4.69) is 9.69 Å². The molecule has 2 N–H and O–H groups in total. The number of rotatable bonds is 6. The number of nitrogens with zero attached hydrogens (tertiary/aromatic N) is 1. The molecule has 1 aromatic heterocycles. The predicted molar refractivity (Wildman–Crippen MR) is 86.9 cm³/mol. The van der Waals surface area contributed by atoms with Gasteiger partial charge in [-0.05, 0) is 43.1 Å². The van der Waals surface area contributed by atoms with Crippen molar-refractivity contribution in [3.8, 4) is 5.75 Å². The molecule has 1 unspecified atom stereocenters. The summed E-state index contributed by atoms with van der Waals surface area (Å²) in [7, 11) is 1.53. The van der Waals surface area contributed by atoms with E-state index in [1.54, 1.807) is 43.5 Å². The minimum absolute atomic E-state index is 0.247. The molecule has 0 saturated carbocycles. The van der Waals surface area contributed by atoms with E-state index in [0.29, 0.717) is 22.6 Å². The smallest absolute Gasteiger partial charge is 0.306 e. The second kappa shape index (κ2) is 6.78. The lowest BCUT2D eigenvalue weighted by molar-refractivity contribution is -0.138. The van der Waals surface area contributed by atoms with Crippen LogP contribution in [0.1, 0.15) is 35.0 Å². The quantitative estimate of drug-likeness (QED) is 0.847. The first kappa shape index (κ1) is 17.0. The standard InChI is InChI=1S/C16H18N2O4S/c1-10-13(9-23-18-10)15(21)17-16(2,8-14(19)20)11-5-4-6-12(7-11)22-3/h4-7,9H,8H2,1-3H3,(H,17,21)(H,19,20). The zero-order valence-electron chi connectivity index (χ0n) is 13.1. The molecule has 1 heterocycles. The number of aliphatic carboxylic acids is 1. The second-order valence-corrected chi connectivity index (χ2v) is 6.03. The van der Waals surface area contributed by atoms with Crippen LogP contribution in [-0.4, -0.2) is 28.5 Å². The molecule has 2 aromatic rings. The number of aryl methyl sites for hydroxylation is 1. The van der Waals surface area contributed by atoms with Gasteiger partial charge in [0.25, 0.3) is 5.91 Å². The fourth-order valence-corrected chi connectivity index (χ4v) is 3.01. The summed E-state index contributed by atoms with van der Waals surface area (Å²) in [4.78, 5) is 23.8. The molecule has 0 fully saturated rings. The van der Waals surface area contributed by atoms with Gasteiger partial charge < -0.3 is 15.2 Å². The first-order valence-electron chi connectivity index (χ1n) is 6.95. The summed E-state index contributed by atoms with van der Waals surface area (Å²) in [5.74, 6) is -0.750. The van der Waals surface area contributed by atoms with Crippen LogP contribution in [0.25, 0.3) is 0 Å². The Balaban J connectivity index is 2.37. The van der Waals surface area contributed by atoms with Gasteiger partial charge in [0.05, 0.1) is 30.3 Å². The van der Waals surface area contributed by atoms with Crippen molar-refractivity contribution in [3.05, 3.63) is 46.5 Å². The number of carbonyl (C=O) groups excluding carboxylic acids is 1. The van der Waals surface area contributed by atoms with Gasteiger partial charge in [-0.2, -0.15) is 4.37 Å². The number of aromatic nitrogens is 1. The molecular formula is C16H18N2O4S. The average Bonchev–Trinajstić information content (AvgIpc) is 2.92. The van der Waals surface area contributed by atoms with E-state index in [4.69, 9.17) is 4.74 Å². The van der Waals surface area contributed by atoms with Crippen LogP contribution in [0.15, 0.2) is 29.6 Å². The Morgan fingerprint density at radius 2 is 2.17 bits per heavy atom. The summed E-state index contributed by atoms with van der Waals surface area (Å²) in [5, 5.41) is 13.7. The molecule has 6 nitrogen and oxygen atoms in total. The maximum atomic E-state index is 12.5. The lowest BCUT2D eigenvalue weighted by atomic mass is 9.88. The van der Waals surface area contributed by atoms with Gasteiger partial charge in [0, 0.05) is 5.38 Å². The molecule has 0 saturated heterocycles. The van der Waals surface area contributed by atoms with Crippen LogP contribution in [-0.2, 0) is 10.3 Å². The highest BCUT2D eigenvalue weighted by atomic mass is 32.1. The molecule has 2 rings (SSSR count). The largest absolute Gasteiger partial charge is 0.497 e. The number of hydrogen-bond acceptors (Lipinski definition) is 5. The number of carboxylic acid groups (broad SMARTS) is 1. The molecule has 1 amide bonds. The Morgan fingerprint density at radius 1 is 1.43 bits per heavy atom. The lowest BCUT2D eigenvalue weighted by Gasteiger charge is -2.30. The Hall–Kier alpha value is -2.41. The zero-order chi connectivity index (χ0) is 17.0. The summed E-state index contributed by atoms with van der Waals surface area (Å²) in [5.41, 5.74) is 0.671. The third-order valence-corrected chi connectivity index (χ3v) is 4.32. The highest BCUT2D eigenvalue weighted by molar-refractivity contribution is 7.03. The number of methoxy groups -OCH3 is 1. The average molecular weight is 334 g/mol. The van der Waals surface area contributed by atoms with Crippen LogP contribution in [0.2, 0.25) is 0 Å². The van der Waals surface area contributed by atoms with Gasteiger partial charge in [0.2, 0.25) is 0 Å². The van der Waals surface area contributed by atoms with E-state index in [9.17, 15) is 14.7 Å². The summed E-state index contributed by atoms with van der Waals surface area (Å²) in [6, 6.07) is 7.02. The van der Waals surface area contributed by atoms with Crippen molar-refractivity contribution in [2.24, 2.45) is 0 Å². The normalized spacial score (nSPS) is 13.2. The van der Waals surface area contributed by atoms with Gasteiger partial charge in [-0.3, -0.25) is 9.59 Å².